The molecule has 8 heteroatoms. The molecule has 0 radical (unpaired) electrons. The van der Waals surface area contributed by atoms with Crippen molar-refractivity contribution in [3.8, 4) is 6.07 Å². The van der Waals surface area contributed by atoms with Crippen molar-refractivity contribution < 1.29 is 19.1 Å². The van der Waals surface area contributed by atoms with Crippen molar-refractivity contribution in [2.45, 2.75) is 78.4 Å². The van der Waals surface area contributed by atoms with E-state index >= 15 is 0 Å². The molecule has 2 aliphatic rings. The predicted octanol–water partition coefficient (Wildman–Crippen LogP) is 3.75. The minimum Gasteiger partial charge on any atom is -0.444 e. The van der Waals surface area contributed by atoms with E-state index in [1.165, 1.54) is 0 Å². The first kappa shape index (κ1) is 26.0. The first-order chi connectivity index (χ1) is 13.8. The molecular formula is C22H40N4O4. The van der Waals surface area contributed by atoms with Crippen molar-refractivity contribution in [3.63, 3.8) is 0 Å². The number of amides is 2. The monoisotopic (exact) mass is 424 g/mol. The average molecular weight is 425 g/mol. The standard InChI is InChI=1S/C11H22N2O2.C11H18N2O2/c2*1-11(2,3)15-10(14)13-6-4-5-9(7-12)8-13/h9H,4-8,12H2,1-3H3;9H,4-6,8H2,1-3H3. The van der Waals surface area contributed by atoms with Gasteiger partial charge in [0, 0.05) is 26.2 Å². The summed E-state index contributed by atoms with van der Waals surface area (Å²) in [5, 5.41) is 8.79. The zero-order valence-corrected chi connectivity index (χ0v) is 19.6. The molecule has 2 heterocycles. The molecule has 2 N–H and O–H groups in total. The fourth-order valence-electron chi connectivity index (χ4n) is 3.32. The van der Waals surface area contributed by atoms with Gasteiger partial charge in [0.1, 0.15) is 11.2 Å². The van der Waals surface area contributed by atoms with E-state index in [0.29, 0.717) is 25.6 Å². The number of carbonyl (C=O) groups excluding carboxylic acids is 2. The van der Waals surface area contributed by atoms with Gasteiger partial charge in [0.15, 0.2) is 0 Å². The van der Waals surface area contributed by atoms with Gasteiger partial charge >= 0.3 is 12.2 Å². The zero-order chi connectivity index (χ0) is 22.9. The SMILES string of the molecule is CC(C)(C)OC(=O)N1CCCC(C#N)C1.CC(C)(C)OC(=O)N1CCCC(CN)C1. The average Bonchev–Trinajstić information content (AvgIpc) is 2.66. The molecule has 0 saturated carbocycles. The van der Waals surface area contributed by atoms with E-state index < -0.39 is 11.2 Å². The summed E-state index contributed by atoms with van der Waals surface area (Å²) in [7, 11) is 0. The number of nitrogens with zero attached hydrogens (tertiary/aromatic N) is 3. The van der Waals surface area contributed by atoms with Crippen molar-refractivity contribution in [1.82, 2.24) is 9.80 Å². The number of nitriles is 1. The minimum absolute atomic E-state index is 0.0359. The first-order valence-electron chi connectivity index (χ1n) is 10.9. The summed E-state index contributed by atoms with van der Waals surface area (Å²) in [6.45, 7) is 14.6. The van der Waals surface area contributed by atoms with E-state index in [9.17, 15) is 9.59 Å². The Balaban J connectivity index is 0.000000300. The molecule has 0 aromatic rings. The summed E-state index contributed by atoms with van der Waals surface area (Å²) in [6, 6.07) is 2.20. The van der Waals surface area contributed by atoms with E-state index in [4.69, 9.17) is 20.5 Å². The molecule has 0 aromatic heterocycles. The summed E-state index contributed by atoms with van der Waals surface area (Å²) >= 11 is 0. The van der Waals surface area contributed by atoms with Crippen LogP contribution in [0, 0.1) is 23.2 Å². The van der Waals surface area contributed by atoms with Crippen LogP contribution in [-0.4, -0.2) is 65.9 Å². The Labute approximate surface area is 181 Å². The van der Waals surface area contributed by atoms with Crippen LogP contribution in [0.4, 0.5) is 9.59 Å². The van der Waals surface area contributed by atoms with Crippen LogP contribution in [0.2, 0.25) is 0 Å². The minimum atomic E-state index is -0.462. The van der Waals surface area contributed by atoms with Crippen molar-refractivity contribution in [2.75, 3.05) is 32.7 Å². The number of piperidine rings is 2. The number of nitrogens with two attached hydrogens (primary N) is 1. The van der Waals surface area contributed by atoms with Gasteiger partial charge in [0.05, 0.1) is 12.0 Å². The highest BCUT2D eigenvalue weighted by molar-refractivity contribution is 5.68. The van der Waals surface area contributed by atoms with Crippen molar-refractivity contribution in [1.29, 1.82) is 5.26 Å². The molecule has 2 amide bonds. The van der Waals surface area contributed by atoms with Gasteiger partial charge in [-0.1, -0.05) is 0 Å². The Morgan fingerprint density at radius 3 is 1.83 bits per heavy atom. The van der Waals surface area contributed by atoms with Gasteiger partial charge in [-0.15, -0.1) is 0 Å². The molecule has 2 rings (SSSR count). The Kier molecular flexibility index (Phi) is 9.89. The molecule has 0 spiro atoms. The summed E-state index contributed by atoms with van der Waals surface area (Å²) < 4.78 is 10.6. The molecule has 2 aliphatic heterocycles. The lowest BCUT2D eigenvalue weighted by molar-refractivity contribution is 0.0166. The Morgan fingerprint density at radius 2 is 1.40 bits per heavy atom. The normalized spacial score (nSPS) is 22.3. The molecular weight excluding hydrogens is 384 g/mol. The Hall–Kier alpha value is -2.01. The lowest BCUT2D eigenvalue weighted by Crippen LogP contribution is -2.44. The van der Waals surface area contributed by atoms with Crippen LogP contribution in [0.25, 0.3) is 0 Å². The predicted molar refractivity (Wildman–Crippen MR) is 116 cm³/mol. The second kappa shape index (κ2) is 11.4. The summed E-state index contributed by atoms with van der Waals surface area (Å²) in [4.78, 5) is 26.8. The molecule has 0 aliphatic carbocycles. The summed E-state index contributed by atoms with van der Waals surface area (Å²) in [5.74, 6) is 0.400. The molecule has 8 nitrogen and oxygen atoms in total. The van der Waals surface area contributed by atoms with Crippen molar-refractivity contribution in [3.05, 3.63) is 0 Å². The Bertz CT molecular complexity index is 604. The van der Waals surface area contributed by atoms with Crippen LogP contribution in [0.3, 0.4) is 0 Å². The first-order valence-corrected chi connectivity index (χ1v) is 10.9. The van der Waals surface area contributed by atoms with Crippen LogP contribution >= 0.6 is 0 Å². The molecule has 2 unspecified atom stereocenters. The molecule has 2 fully saturated rings. The van der Waals surface area contributed by atoms with E-state index in [1.54, 1.807) is 9.80 Å². The second-order valence-electron chi connectivity index (χ2n) is 10.1. The van der Waals surface area contributed by atoms with E-state index in [2.05, 4.69) is 6.07 Å². The van der Waals surface area contributed by atoms with Gasteiger partial charge in [-0.3, -0.25) is 0 Å². The number of ether oxygens (including phenoxy) is 2. The number of carbonyl (C=O) groups is 2. The molecule has 2 atom stereocenters. The van der Waals surface area contributed by atoms with Gasteiger partial charge < -0.3 is 25.0 Å². The van der Waals surface area contributed by atoms with Crippen LogP contribution in [0.1, 0.15) is 67.2 Å². The van der Waals surface area contributed by atoms with Gasteiger partial charge in [0.2, 0.25) is 0 Å². The van der Waals surface area contributed by atoms with Gasteiger partial charge in [-0.05, 0) is 79.7 Å². The summed E-state index contributed by atoms with van der Waals surface area (Å²) in [6.07, 6.45) is 3.41. The third kappa shape index (κ3) is 10.1. The van der Waals surface area contributed by atoms with Crippen LogP contribution in [0.15, 0.2) is 0 Å². The van der Waals surface area contributed by atoms with Gasteiger partial charge in [-0.25, -0.2) is 9.59 Å². The van der Waals surface area contributed by atoms with E-state index in [1.807, 2.05) is 41.5 Å². The molecule has 30 heavy (non-hydrogen) atoms. The van der Waals surface area contributed by atoms with Crippen LogP contribution in [-0.2, 0) is 9.47 Å². The number of hydrogen-bond donors (Lipinski definition) is 1. The highest BCUT2D eigenvalue weighted by Crippen LogP contribution is 2.19. The molecule has 2 saturated heterocycles. The second-order valence-corrected chi connectivity index (χ2v) is 10.1. The third-order valence-corrected chi connectivity index (χ3v) is 4.76. The number of likely N-dealkylation sites (tertiary alicyclic amines) is 2. The van der Waals surface area contributed by atoms with Crippen LogP contribution < -0.4 is 5.73 Å². The topological polar surface area (TPSA) is 109 Å². The van der Waals surface area contributed by atoms with Crippen LogP contribution in [0.5, 0.6) is 0 Å². The maximum absolute atomic E-state index is 11.7. The largest absolute Gasteiger partial charge is 0.444 e. The highest BCUT2D eigenvalue weighted by atomic mass is 16.6. The van der Waals surface area contributed by atoms with Crippen molar-refractivity contribution in [2.24, 2.45) is 17.6 Å². The fourth-order valence-corrected chi connectivity index (χ4v) is 3.32. The maximum atomic E-state index is 11.7. The smallest absolute Gasteiger partial charge is 0.410 e. The van der Waals surface area contributed by atoms with Crippen molar-refractivity contribution >= 4 is 12.2 Å². The zero-order valence-electron chi connectivity index (χ0n) is 19.6. The number of rotatable bonds is 1. The molecule has 0 bridgehead atoms. The van der Waals surface area contributed by atoms with E-state index in [0.717, 1.165) is 38.8 Å². The fraction of sp³-hybridized carbons (Fsp3) is 0.864. The van der Waals surface area contributed by atoms with E-state index in [-0.39, 0.29) is 18.1 Å². The quantitative estimate of drug-likeness (QED) is 0.686. The van der Waals surface area contributed by atoms with Gasteiger partial charge in [0.25, 0.3) is 0 Å². The lowest BCUT2D eigenvalue weighted by Gasteiger charge is -2.33. The van der Waals surface area contributed by atoms with Gasteiger partial charge in [-0.2, -0.15) is 5.26 Å². The third-order valence-electron chi connectivity index (χ3n) is 4.76. The Morgan fingerprint density at radius 1 is 0.933 bits per heavy atom. The summed E-state index contributed by atoms with van der Waals surface area (Å²) in [5.41, 5.74) is 4.74. The lowest BCUT2D eigenvalue weighted by atomic mass is 9.99. The molecule has 0 aromatic carbocycles. The number of hydrogen-bond acceptors (Lipinski definition) is 6. The highest BCUT2D eigenvalue weighted by Gasteiger charge is 2.28. The maximum Gasteiger partial charge on any atom is 0.410 e. The molecule has 172 valence electrons.